The summed E-state index contributed by atoms with van der Waals surface area (Å²) < 4.78 is 42.8. The molecule has 0 unspecified atom stereocenters. The first-order valence-electron chi connectivity index (χ1n) is 10.2. The number of ether oxygens (including phenoxy) is 3. The lowest BCUT2D eigenvalue weighted by Gasteiger charge is -2.14. The molecule has 0 saturated carbocycles. The molecule has 0 aliphatic rings. The summed E-state index contributed by atoms with van der Waals surface area (Å²) in [4.78, 5) is 28.3. The lowest BCUT2D eigenvalue weighted by Crippen LogP contribution is -2.12. The molecule has 0 saturated heterocycles. The fraction of sp³-hybridized carbons (Fsp3) is 0.0833. The number of para-hydroxylation sites is 1. The number of hydrogen-bond donors (Lipinski definition) is 0. The number of carbonyl (C=O) groups is 1. The van der Waals surface area contributed by atoms with Gasteiger partial charge in [0.1, 0.15) is 5.75 Å². The third-order valence-corrected chi connectivity index (χ3v) is 5.42. The minimum absolute atomic E-state index is 0.0255. The van der Waals surface area contributed by atoms with E-state index in [1.54, 1.807) is 29.0 Å². The van der Waals surface area contributed by atoms with Crippen LogP contribution in [0, 0.1) is 10.1 Å². The summed E-state index contributed by atoms with van der Waals surface area (Å²) in [5.74, 6) is -0.538. The van der Waals surface area contributed by atoms with E-state index in [0.717, 1.165) is 0 Å². The van der Waals surface area contributed by atoms with Crippen LogP contribution in [0.5, 0.6) is 17.2 Å². The average Bonchev–Trinajstić information content (AvgIpc) is 3.40. The molecule has 0 aliphatic carbocycles. The number of nitro groups is 1. The largest absolute Gasteiger partial charge is 0.458 e. The molecule has 184 valence electrons. The Morgan fingerprint density at radius 2 is 1.94 bits per heavy atom. The molecule has 9 nitrogen and oxygen atoms in total. The maximum atomic E-state index is 13.0. The molecule has 2 aromatic carbocycles. The van der Waals surface area contributed by atoms with Crippen molar-refractivity contribution in [3.8, 4) is 17.2 Å². The van der Waals surface area contributed by atoms with E-state index in [-0.39, 0.29) is 40.1 Å². The van der Waals surface area contributed by atoms with Crippen molar-refractivity contribution in [3.05, 3.63) is 93.4 Å². The number of benzene rings is 2. The number of nitrogens with zero attached hydrogens (tertiary/aromatic N) is 3. The number of aromatic nitrogens is 2. The van der Waals surface area contributed by atoms with Gasteiger partial charge in [0, 0.05) is 29.3 Å². The standard InChI is InChI=1S/C24H17F2N3O6S/c1-14(2)33-21-15(4-3-5-19(21)35-23(25)26)6-11-18-20(28-12-13-36-24(28)27-18)22(30)34-17-9-7-16(8-10-17)29(31)32/h3-13,23H,1H2,2H3. The first-order valence-corrected chi connectivity index (χ1v) is 11.1. The van der Waals surface area contributed by atoms with Gasteiger partial charge >= 0.3 is 12.6 Å². The number of alkyl halides is 2. The summed E-state index contributed by atoms with van der Waals surface area (Å²) >= 11 is 1.29. The van der Waals surface area contributed by atoms with Gasteiger partial charge in [-0.1, -0.05) is 18.7 Å². The number of carbonyl (C=O) groups excluding carboxylic acids is 1. The molecule has 4 aromatic rings. The van der Waals surface area contributed by atoms with Crippen molar-refractivity contribution in [2.45, 2.75) is 13.5 Å². The fourth-order valence-corrected chi connectivity index (χ4v) is 3.94. The molecule has 0 radical (unpaired) electrons. The number of thiazole rings is 1. The van der Waals surface area contributed by atoms with E-state index in [1.165, 1.54) is 59.9 Å². The molecule has 0 N–H and O–H groups in total. The molecule has 12 heteroatoms. The van der Waals surface area contributed by atoms with Gasteiger partial charge in [0.2, 0.25) is 0 Å². The number of non-ortho nitro benzene ring substituents is 1. The first-order chi connectivity index (χ1) is 17.2. The second-order valence-corrected chi connectivity index (χ2v) is 8.11. The zero-order chi connectivity index (χ0) is 25.8. The van der Waals surface area contributed by atoms with Gasteiger partial charge < -0.3 is 14.2 Å². The Labute approximate surface area is 206 Å². The van der Waals surface area contributed by atoms with Gasteiger partial charge in [-0.05, 0) is 37.3 Å². The molecule has 36 heavy (non-hydrogen) atoms. The number of nitro benzene ring substituents is 1. The topological polar surface area (TPSA) is 105 Å². The van der Waals surface area contributed by atoms with E-state index in [0.29, 0.717) is 10.5 Å². The van der Waals surface area contributed by atoms with E-state index in [4.69, 9.17) is 9.47 Å². The monoisotopic (exact) mass is 513 g/mol. The average molecular weight is 513 g/mol. The lowest BCUT2D eigenvalue weighted by molar-refractivity contribution is -0.384. The summed E-state index contributed by atoms with van der Waals surface area (Å²) in [5.41, 5.74) is 0.578. The third-order valence-electron chi connectivity index (χ3n) is 4.66. The van der Waals surface area contributed by atoms with Crippen LogP contribution in [0.4, 0.5) is 14.5 Å². The fourth-order valence-electron chi connectivity index (χ4n) is 3.22. The van der Waals surface area contributed by atoms with Crippen molar-refractivity contribution in [1.82, 2.24) is 9.38 Å². The van der Waals surface area contributed by atoms with Gasteiger partial charge in [-0.2, -0.15) is 8.78 Å². The van der Waals surface area contributed by atoms with Gasteiger partial charge in [-0.15, -0.1) is 11.3 Å². The number of allylic oxidation sites excluding steroid dienone is 1. The van der Waals surface area contributed by atoms with Crippen molar-refractivity contribution in [2.75, 3.05) is 0 Å². The molecule has 2 aromatic heterocycles. The Bertz CT molecular complexity index is 1480. The van der Waals surface area contributed by atoms with Crippen molar-refractivity contribution < 1.29 is 32.7 Å². The van der Waals surface area contributed by atoms with Gasteiger partial charge in [0.25, 0.3) is 5.69 Å². The summed E-state index contributed by atoms with van der Waals surface area (Å²) in [6.45, 7) is 2.14. The molecule has 2 heterocycles. The number of hydrogen-bond acceptors (Lipinski definition) is 8. The van der Waals surface area contributed by atoms with Crippen molar-refractivity contribution in [2.24, 2.45) is 0 Å². The highest BCUT2D eigenvalue weighted by Gasteiger charge is 2.22. The molecule has 0 fully saturated rings. The highest BCUT2D eigenvalue weighted by atomic mass is 32.1. The molecule has 0 amide bonds. The zero-order valence-corrected chi connectivity index (χ0v) is 19.4. The Hall–Kier alpha value is -4.58. The Morgan fingerprint density at radius 3 is 2.61 bits per heavy atom. The van der Waals surface area contributed by atoms with Crippen molar-refractivity contribution in [3.63, 3.8) is 0 Å². The SMILES string of the molecule is C=C(C)Oc1c(C=Cc2nc3sccn3c2C(=O)Oc2ccc([N+](=O)[O-])cc2)cccc1OC(F)F. The van der Waals surface area contributed by atoms with E-state index < -0.39 is 17.5 Å². The number of imidazole rings is 1. The maximum absolute atomic E-state index is 13.0. The van der Waals surface area contributed by atoms with Crippen molar-refractivity contribution in [1.29, 1.82) is 0 Å². The van der Waals surface area contributed by atoms with Crippen LogP contribution < -0.4 is 14.2 Å². The number of rotatable bonds is 9. The predicted molar refractivity (Wildman–Crippen MR) is 129 cm³/mol. The number of halogens is 2. The zero-order valence-electron chi connectivity index (χ0n) is 18.6. The van der Waals surface area contributed by atoms with Crippen LogP contribution >= 0.6 is 11.3 Å². The van der Waals surface area contributed by atoms with E-state index in [2.05, 4.69) is 16.3 Å². The Morgan fingerprint density at radius 1 is 1.19 bits per heavy atom. The van der Waals surface area contributed by atoms with Crippen LogP contribution in [0.1, 0.15) is 28.7 Å². The second-order valence-electron chi connectivity index (χ2n) is 7.23. The van der Waals surface area contributed by atoms with Gasteiger partial charge in [-0.3, -0.25) is 14.5 Å². The number of fused-ring (bicyclic) bond motifs is 1. The summed E-state index contributed by atoms with van der Waals surface area (Å²) in [5, 5.41) is 12.6. The molecule has 4 rings (SSSR count). The molecule has 0 spiro atoms. The molecule has 0 atom stereocenters. The van der Waals surface area contributed by atoms with Crippen molar-refractivity contribution >= 4 is 40.1 Å². The Balaban J connectivity index is 1.69. The van der Waals surface area contributed by atoms with Gasteiger partial charge in [0.15, 0.2) is 22.2 Å². The van der Waals surface area contributed by atoms with E-state index in [1.807, 2.05) is 0 Å². The van der Waals surface area contributed by atoms with E-state index >= 15 is 0 Å². The summed E-state index contributed by atoms with van der Waals surface area (Å²) in [7, 11) is 0. The minimum atomic E-state index is -3.06. The lowest BCUT2D eigenvalue weighted by atomic mass is 10.1. The van der Waals surface area contributed by atoms with Gasteiger partial charge in [-0.25, -0.2) is 9.78 Å². The first kappa shape index (κ1) is 24.5. The maximum Gasteiger partial charge on any atom is 0.387 e. The minimum Gasteiger partial charge on any atom is -0.458 e. The molecule has 0 aliphatic heterocycles. The van der Waals surface area contributed by atoms with Crippen LogP contribution in [-0.4, -0.2) is 26.9 Å². The summed E-state index contributed by atoms with van der Waals surface area (Å²) in [6.07, 6.45) is 4.69. The summed E-state index contributed by atoms with van der Waals surface area (Å²) in [6, 6.07) is 9.52. The highest BCUT2D eigenvalue weighted by Crippen LogP contribution is 2.35. The van der Waals surface area contributed by atoms with Crippen LogP contribution in [0.2, 0.25) is 0 Å². The van der Waals surface area contributed by atoms with Gasteiger partial charge in [0.05, 0.1) is 16.4 Å². The second kappa shape index (κ2) is 10.4. The molecule has 0 bridgehead atoms. The predicted octanol–water partition coefficient (Wildman–Crippen LogP) is 6.21. The van der Waals surface area contributed by atoms with Crippen LogP contribution in [0.15, 0.2) is 66.4 Å². The number of esters is 1. The molecular formula is C24H17F2N3O6S. The van der Waals surface area contributed by atoms with E-state index in [9.17, 15) is 23.7 Å². The highest BCUT2D eigenvalue weighted by molar-refractivity contribution is 7.15. The van der Waals surface area contributed by atoms with Crippen LogP contribution in [0.25, 0.3) is 17.1 Å². The smallest absolute Gasteiger partial charge is 0.387 e. The normalized spacial score (nSPS) is 11.2. The quantitative estimate of drug-likeness (QED) is 0.0862. The van der Waals surface area contributed by atoms with Crippen LogP contribution in [-0.2, 0) is 0 Å². The third kappa shape index (κ3) is 5.39. The van der Waals surface area contributed by atoms with Crippen LogP contribution in [0.3, 0.4) is 0 Å². The Kier molecular flexibility index (Phi) is 7.06. The molecular weight excluding hydrogens is 496 g/mol.